The molecule has 5 N–H and O–H groups in total. The lowest BCUT2D eigenvalue weighted by Crippen LogP contribution is -2.12. The molecule has 0 unspecified atom stereocenters. The van der Waals surface area contributed by atoms with Crippen LogP contribution in [0.2, 0.25) is 0 Å². The highest BCUT2D eigenvalue weighted by molar-refractivity contribution is 5.94. The SMILES string of the molecule is CNc1nc(NCc2ccccc2)c2nc(NC)nc(NCCO)c2n1.Cl. The van der Waals surface area contributed by atoms with Crippen molar-refractivity contribution in [1.82, 2.24) is 19.9 Å². The van der Waals surface area contributed by atoms with E-state index >= 15 is 0 Å². The Balaban J connectivity index is 0.00000261. The summed E-state index contributed by atoms with van der Waals surface area (Å²) in [6, 6.07) is 10.0. The number of nitrogens with one attached hydrogen (secondary N) is 4. The Bertz CT molecular complexity index is 878. The molecule has 0 aliphatic heterocycles. The molecule has 3 aromatic rings. The Hall–Kier alpha value is -2.91. The van der Waals surface area contributed by atoms with E-state index in [0.717, 1.165) is 5.56 Å². The molecule has 0 bridgehead atoms. The highest BCUT2D eigenvalue weighted by Crippen LogP contribution is 2.27. The van der Waals surface area contributed by atoms with Crippen molar-refractivity contribution in [1.29, 1.82) is 0 Å². The summed E-state index contributed by atoms with van der Waals surface area (Å²) in [5.41, 5.74) is 2.30. The summed E-state index contributed by atoms with van der Waals surface area (Å²) >= 11 is 0. The molecule has 9 nitrogen and oxygen atoms in total. The van der Waals surface area contributed by atoms with Gasteiger partial charge in [0.2, 0.25) is 11.9 Å². The fourth-order valence-electron chi connectivity index (χ4n) is 2.44. The van der Waals surface area contributed by atoms with E-state index in [4.69, 9.17) is 5.11 Å². The monoisotopic (exact) mass is 390 g/mol. The number of halogens is 1. The summed E-state index contributed by atoms with van der Waals surface area (Å²) in [6.07, 6.45) is 0. The first-order valence-electron chi connectivity index (χ1n) is 8.33. The Kier molecular flexibility index (Phi) is 7.33. The molecule has 2 heterocycles. The van der Waals surface area contributed by atoms with Crippen LogP contribution in [-0.2, 0) is 6.54 Å². The number of aliphatic hydroxyl groups excluding tert-OH is 1. The average Bonchev–Trinajstić information content (AvgIpc) is 2.70. The predicted molar refractivity (Wildman–Crippen MR) is 111 cm³/mol. The first-order chi connectivity index (χ1) is 12.7. The van der Waals surface area contributed by atoms with Crippen LogP contribution in [0.25, 0.3) is 11.0 Å². The Labute approximate surface area is 163 Å². The first-order valence-corrected chi connectivity index (χ1v) is 8.33. The second-order valence-electron chi connectivity index (χ2n) is 5.48. The minimum Gasteiger partial charge on any atom is -0.395 e. The van der Waals surface area contributed by atoms with Crippen molar-refractivity contribution in [3.8, 4) is 0 Å². The number of hydrogen-bond donors (Lipinski definition) is 5. The number of nitrogens with zero attached hydrogens (tertiary/aromatic N) is 4. The summed E-state index contributed by atoms with van der Waals surface area (Å²) in [4.78, 5) is 17.9. The van der Waals surface area contributed by atoms with E-state index in [1.165, 1.54) is 0 Å². The Morgan fingerprint density at radius 3 is 1.89 bits per heavy atom. The van der Waals surface area contributed by atoms with Gasteiger partial charge in [-0.1, -0.05) is 30.3 Å². The van der Waals surface area contributed by atoms with E-state index in [1.807, 2.05) is 30.3 Å². The molecule has 0 radical (unpaired) electrons. The standard InChI is InChI=1S/C17H22N8O.ClH/c1-18-16-23-13-12(14(24-16)20-8-9-26)22-17(19-2)25-15(13)21-10-11-6-4-3-5-7-11;/h3-7,26H,8-10H2,1-2H3,(H2,18,20,23,24)(H2,19,21,22,25);1H. The van der Waals surface area contributed by atoms with Gasteiger partial charge in [-0.25, -0.2) is 9.97 Å². The molecular weight excluding hydrogens is 368 g/mol. The highest BCUT2D eigenvalue weighted by atomic mass is 35.5. The fourth-order valence-corrected chi connectivity index (χ4v) is 2.44. The predicted octanol–water partition coefficient (Wildman–Crippen LogP) is 1.94. The van der Waals surface area contributed by atoms with Gasteiger partial charge in [0.05, 0.1) is 6.61 Å². The molecule has 0 aliphatic carbocycles. The smallest absolute Gasteiger partial charge is 0.225 e. The zero-order valence-corrected chi connectivity index (χ0v) is 16.0. The summed E-state index contributed by atoms with van der Waals surface area (Å²) in [7, 11) is 3.50. The molecule has 0 saturated carbocycles. The van der Waals surface area contributed by atoms with Gasteiger partial charge >= 0.3 is 0 Å². The van der Waals surface area contributed by atoms with E-state index in [1.54, 1.807) is 14.1 Å². The Morgan fingerprint density at radius 2 is 1.37 bits per heavy atom. The quantitative estimate of drug-likeness (QED) is 0.393. The third-order valence-corrected chi connectivity index (χ3v) is 3.70. The lowest BCUT2D eigenvalue weighted by molar-refractivity contribution is 0.311. The van der Waals surface area contributed by atoms with Crippen LogP contribution >= 0.6 is 12.4 Å². The van der Waals surface area contributed by atoms with Crippen molar-refractivity contribution in [3.05, 3.63) is 35.9 Å². The molecule has 0 fully saturated rings. The average molecular weight is 391 g/mol. The summed E-state index contributed by atoms with van der Waals surface area (Å²) in [5.74, 6) is 2.05. The minimum absolute atomic E-state index is 0. The molecule has 10 heteroatoms. The third-order valence-electron chi connectivity index (χ3n) is 3.70. The molecular formula is C17H23ClN8O. The van der Waals surface area contributed by atoms with Crippen molar-refractivity contribution < 1.29 is 5.11 Å². The van der Waals surface area contributed by atoms with Crippen LogP contribution in [0.5, 0.6) is 0 Å². The number of fused-ring (bicyclic) bond motifs is 1. The molecule has 1 aromatic carbocycles. The minimum atomic E-state index is -0.0105. The molecule has 0 spiro atoms. The normalized spacial score (nSPS) is 10.2. The van der Waals surface area contributed by atoms with E-state index in [2.05, 4.69) is 41.2 Å². The zero-order valence-electron chi connectivity index (χ0n) is 15.2. The van der Waals surface area contributed by atoms with Crippen molar-refractivity contribution in [2.75, 3.05) is 48.5 Å². The van der Waals surface area contributed by atoms with Gasteiger partial charge in [-0.05, 0) is 5.56 Å². The lowest BCUT2D eigenvalue weighted by Gasteiger charge is -2.14. The zero-order chi connectivity index (χ0) is 18.4. The second kappa shape index (κ2) is 9.70. The van der Waals surface area contributed by atoms with Crippen molar-refractivity contribution in [2.45, 2.75) is 6.54 Å². The van der Waals surface area contributed by atoms with E-state index in [0.29, 0.717) is 47.7 Å². The molecule has 0 amide bonds. The lowest BCUT2D eigenvalue weighted by atomic mass is 10.2. The van der Waals surface area contributed by atoms with Crippen molar-refractivity contribution in [2.24, 2.45) is 0 Å². The van der Waals surface area contributed by atoms with E-state index in [-0.39, 0.29) is 19.0 Å². The van der Waals surface area contributed by atoms with Gasteiger partial charge in [0.1, 0.15) is 11.0 Å². The van der Waals surface area contributed by atoms with Gasteiger partial charge in [-0.3, -0.25) is 0 Å². The Morgan fingerprint density at radius 1 is 0.815 bits per heavy atom. The summed E-state index contributed by atoms with van der Waals surface area (Å²) in [5, 5.41) is 21.4. The summed E-state index contributed by atoms with van der Waals surface area (Å²) < 4.78 is 0. The molecule has 0 aliphatic rings. The van der Waals surface area contributed by atoms with Gasteiger partial charge in [-0.2, -0.15) is 9.97 Å². The van der Waals surface area contributed by atoms with Crippen LogP contribution in [0.4, 0.5) is 23.5 Å². The fraction of sp³-hybridized carbons (Fsp3) is 0.294. The first kappa shape index (κ1) is 20.4. The topological polar surface area (TPSA) is 120 Å². The van der Waals surface area contributed by atoms with Crippen LogP contribution in [0.3, 0.4) is 0 Å². The summed E-state index contributed by atoms with van der Waals surface area (Å²) in [6.45, 7) is 0.957. The van der Waals surface area contributed by atoms with Crippen molar-refractivity contribution >= 4 is 47.0 Å². The third kappa shape index (κ3) is 4.83. The second-order valence-corrected chi connectivity index (χ2v) is 5.48. The van der Waals surface area contributed by atoms with Crippen LogP contribution < -0.4 is 21.3 Å². The van der Waals surface area contributed by atoms with Gasteiger partial charge in [0, 0.05) is 27.2 Å². The number of anilines is 4. The van der Waals surface area contributed by atoms with E-state index < -0.39 is 0 Å². The molecule has 144 valence electrons. The van der Waals surface area contributed by atoms with Gasteiger partial charge in [0.25, 0.3) is 0 Å². The largest absolute Gasteiger partial charge is 0.395 e. The number of rotatable bonds is 8. The maximum absolute atomic E-state index is 9.11. The van der Waals surface area contributed by atoms with Crippen LogP contribution in [0.15, 0.2) is 30.3 Å². The van der Waals surface area contributed by atoms with Crippen LogP contribution in [0.1, 0.15) is 5.56 Å². The highest BCUT2D eigenvalue weighted by Gasteiger charge is 2.15. The molecule has 0 saturated heterocycles. The maximum Gasteiger partial charge on any atom is 0.225 e. The molecule has 2 aromatic heterocycles. The van der Waals surface area contributed by atoms with E-state index in [9.17, 15) is 0 Å². The van der Waals surface area contributed by atoms with Crippen LogP contribution in [0, 0.1) is 0 Å². The van der Waals surface area contributed by atoms with Gasteiger partial charge < -0.3 is 26.4 Å². The number of aromatic nitrogens is 4. The van der Waals surface area contributed by atoms with Gasteiger partial charge in [-0.15, -0.1) is 12.4 Å². The maximum atomic E-state index is 9.11. The number of benzene rings is 1. The molecule has 3 rings (SSSR count). The van der Waals surface area contributed by atoms with Crippen LogP contribution in [-0.4, -0.2) is 52.3 Å². The number of aliphatic hydroxyl groups is 1. The van der Waals surface area contributed by atoms with Gasteiger partial charge in [0.15, 0.2) is 11.6 Å². The van der Waals surface area contributed by atoms with Crippen molar-refractivity contribution in [3.63, 3.8) is 0 Å². The number of hydrogen-bond acceptors (Lipinski definition) is 9. The molecule has 27 heavy (non-hydrogen) atoms. The molecule has 0 atom stereocenters.